The third-order valence-electron chi connectivity index (χ3n) is 5.56. The number of aryl methyl sites for hydroxylation is 1. The average molecular weight is 362 g/mol. The molecule has 4 N–H and O–H groups in total. The van der Waals surface area contributed by atoms with Crippen LogP contribution in [0.2, 0.25) is 0 Å². The summed E-state index contributed by atoms with van der Waals surface area (Å²) >= 11 is 0. The van der Waals surface area contributed by atoms with Crippen LogP contribution in [0.3, 0.4) is 0 Å². The number of H-pyrrole nitrogens is 1. The van der Waals surface area contributed by atoms with Crippen molar-refractivity contribution in [1.82, 2.24) is 10.3 Å². The minimum absolute atomic E-state index is 0.111. The van der Waals surface area contributed by atoms with Crippen LogP contribution in [-0.2, 0) is 13.0 Å². The molecule has 0 aliphatic carbocycles. The molecule has 0 fully saturated rings. The fourth-order valence-electron chi connectivity index (χ4n) is 3.63. The van der Waals surface area contributed by atoms with Crippen LogP contribution < -0.4 is 5.32 Å². The summed E-state index contributed by atoms with van der Waals surface area (Å²) in [6, 6.07) is 17.4. The molecule has 0 atom stereocenters. The summed E-state index contributed by atoms with van der Waals surface area (Å²) in [4.78, 5) is 3.54. The molecule has 0 aliphatic rings. The molecule has 4 aromatic rings. The van der Waals surface area contributed by atoms with Gasteiger partial charge in [0.25, 0.3) is 0 Å². The van der Waals surface area contributed by atoms with Gasteiger partial charge in [-0.05, 0) is 59.5 Å². The number of aromatic amines is 1. The maximum absolute atomic E-state index is 9.51. The Bertz CT molecular complexity index is 1110. The number of hydrogen-bond acceptors (Lipinski definition) is 3. The predicted molar refractivity (Wildman–Crippen MR) is 112 cm³/mol. The number of aliphatic hydroxyl groups is 2. The molecular formula is C23H26N2O2. The van der Waals surface area contributed by atoms with Crippen molar-refractivity contribution in [1.29, 1.82) is 0 Å². The van der Waals surface area contributed by atoms with Crippen molar-refractivity contribution in [2.75, 3.05) is 13.2 Å². The first kappa shape index (κ1) is 18.0. The fourth-order valence-corrected chi connectivity index (χ4v) is 3.63. The Morgan fingerprint density at radius 2 is 1.70 bits per heavy atom. The Morgan fingerprint density at radius 1 is 0.926 bits per heavy atom. The SMILES string of the molecule is CCc1ccc2[nH]c3cc4c(CNC(C)(CO)CO)cccc4cc3c2c1. The van der Waals surface area contributed by atoms with Crippen molar-refractivity contribution < 1.29 is 10.2 Å². The third kappa shape index (κ3) is 3.21. The van der Waals surface area contributed by atoms with Crippen molar-refractivity contribution in [2.24, 2.45) is 0 Å². The summed E-state index contributed by atoms with van der Waals surface area (Å²) < 4.78 is 0. The lowest BCUT2D eigenvalue weighted by molar-refractivity contribution is 0.103. The normalized spacial score (nSPS) is 12.4. The van der Waals surface area contributed by atoms with E-state index in [9.17, 15) is 10.2 Å². The summed E-state index contributed by atoms with van der Waals surface area (Å²) in [5, 5.41) is 27.2. The first-order valence-electron chi connectivity index (χ1n) is 9.49. The van der Waals surface area contributed by atoms with Crippen molar-refractivity contribution in [3.8, 4) is 0 Å². The minimum atomic E-state index is -0.691. The van der Waals surface area contributed by atoms with E-state index in [-0.39, 0.29) is 13.2 Å². The van der Waals surface area contributed by atoms with E-state index in [1.807, 2.05) is 6.92 Å². The maximum Gasteiger partial charge on any atom is 0.0633 e. The van der Waals surface area contributed by atoms with Gasteiger partial charge in [-0.2, -0.15) is 0 Å². The van der Waals surface area contributed by atoms with E-state index in [0.29, 0.717) is 6.54 Å². The lowest BCUT2D eigenvalue weighted by Gasteiger charge is -2.26. The topological polar surface area (TPSA) is 68.3 Å². The number of aliphatic hydroxyl groups excluding tert-OH is 2. The van der Waals surface area contributed by atoms with Gasteiger partial charge in [-0.25, -0.2) is 0 Å². The third-order valence-corrected chi connectivity index (χ3v) is 5.56. The zero-order valence-corrected chi connectivity index (χ0v) is 15.8. The molecule has 3 aromatic carbocycles. The number of aromatic nitrogens is 1. The van der Waals surface area contributed by atoms with Crippen molar-refractivity contribution >= 4 is 32.6 Å². The average Bonchev–Trinajstić information content (AvgIpc) is 3.07. The van der Waals surface area contributed by atoms with Gasteiger partial charge in [-0.1, -0.05) is 31.2 Å². The zero-order chi connectivity index (χ0) is 19.0. The van der Waals surface area contributed by atoms with E-state index in [2.05, 4.69) is 65.8 Å². The second-order valence-corrected chi connectivity index (χ2v) is 7.62. The summed E-state index contributed by atoms with van der Waals surface area (Å²) in [6.07, 6.45) is 1.03. The van der Waals surface area contributed by atoms with E-state index in [0.717, 1.165) is 23.0 Å². The van der Waals surface area contributed by atoms with Gasteiger partial charge in [0.2, 0.25) is 0 Å². The van der Waals surface area contributed by atoms with E-state index in [1.54, 1.807) is 0 Å². The molecule has 140 valence electrons. The molecule has 0 bridgehead atoms. The van der Waals surface area contributed by atoms with Gasteiger partial charge < -0.3 is 20.5 Å². The number of benzene rings is 3. The molecule has 0 saturated carbocycles. The first-order chi connectivity index (χ1) is 13.1. The number of fused-ring (bicyclic) bond motifs is 4. The van der Waals surface area contributed by atoms with E-state index in [1.165, 1.54) is 27.1 Å². The number of rotatable bonds is 6. The molecule has 0 amide bonds. The van der Waals surface area contributed by atoms with Gasteiger partial charge in [0, 0.05) is 28.4 Å². The fraction of sp³-hybridized carbons (Fsp3) is 0.304. The highest BCUT2D eigenvalue weighted by molar-refractivity contribution is 6.12. The van der Waals surface area contributed by atoms with E-state index in [4.69, 9.17) is 0 Å². The van der Waals surface area contributed by atoms with Gasteiger partial charge >= 0.3 is 0 Å². The lowest BCUT2D eigenvalue weighted by Crippen LogP contribution is -2.48. The summed E-state index contributed by atoms with van der Waals surface area (Å²) in [5.41, 5.74) is 4.09. The Hall–Kier alpha value is -2.40. The van der Waals surface area contributed by atoms with Crippen molar-refractivity contribution in [2.45, 2.75) is 32.4 Å². The van der Waals surface area contributed by atoms with Gasteiger partial charge in [-0.15, -0.1) is 0 Å². The van der Waals surface area contributed by atoms with Gasteiger partial charge in [0.15, 0.2) is 0 Å². The van der Waals surface area contributed by atoms with Crippen LogP contribution >= 0.6 is 0 Å². The number of hydrogen-bond donors (Lipinski definition) is 4. The molecule has 4 nitrogen and oxygen atoms in total. The lowest BCUT2D eigenvalue weighted by atomic mass is 9.99. The quantitative estimate of drug-likeness (QED) is 0.421. The van der Waals surface area contributed by atoms with Crippen LogP contribution in [0.1, 0.15) is 25.0 Å². The largest absolute Gasteiger partial charge is 0.394 e. The van der Waals surface area contributed by atoms with Crippen LogP contribution in [0, 0.1) is 0 Å². The Morgan fingerprint density at radius 3 is 2.44 bits per heavy atom. The van der Waals surface area contributed by atoms with Gasteiger partial charge in [0.05, 0.1) is 18.8 Å². The standard InChI is InChI=1S/C23H26N2O2/c1-3-15-7-8-21-19(9-15)20-10-16-5-4-6-17(18(16)11-22(20)25-21)12-24-23(2,13-26)14-27/h4-11,24-27H,3,12-14H2,1-2H3. The van der Waals surface area contributed by atoms with Crippen LogP contribution in [0.4, 0.5) is 0 Å². The maximum atomic E-state index is 9.51. The first-order valence-corrected chi connectivity index (χ1v) is 9.49. The second-order valence-electron chi connectivity index (χ2n) is 7.62. The van der Waals surface area contributed by atoms with Gasteiger partial charge in [-0.3, -0.25) is 0 Å². The van der Waals surface area contributed by atoms with E-state index < -0.39 is 5.54 Å². The summed E-state index contributed by atoms with van der Waals surface area (Å²) in [7, 11) is 0. The summed E-state index contributed by atoms with van der Waals surface area (Å²) in [6.45, 7) is 4.36. The molecule has 0 spiro atoms. The molecule has 1 aromatic heterocycles. The molecule has 27 heavy (non-hydrogen) atoms. The number of nitrogens with one attached hydrogen (secondary N) is 2. The molecule has 4 heteroatoms. The highest BCUT2D eigenvalue weighted by Gasteiger charge is 2.21. The summed E-state index contributed by atoms with van der Waals surface area (Å²) in [5.74, 6) is 0. The molecule has 0 aliphatic heterocycles. The highest BCUT2D eigenvalue weighted by Crippen LogP contribution is 2.31. The smallest absolute Gasteiger partial charge is 0.0633 e. The van der Waals surface area contributed by atoms with Crippen LogP contribution in [0.5, 0.6) is 0 Å². The molecule has 1 heterocycles. The van der Waals surface area contributed by atoms with Crippen LogP contribution in [0.25, 0.3) is 32.6 Å². The molecule has 0 radical (unpaired) electrons. The Kier molecular flexibility index (Phi) is 4.64. The van der Waals surface area contributed by atoms with Crippen molar-refractivity contribution in [3.05, 3.63) is 59.7 Å². The zero-order valence-electron chi connectivity index (χ0n) is 15.8. The Labute approximate surface area is 158 Å². The molecule has 0 unspecified atom stereocenters. The van der Waals surface area contributed by atoms with E-state index >= 15 is 0 Å². The second kappa shape index (κ2) is 6.97. The van der Waals surface area contributed by atoms with Crippen LogP contribution in [0.15, 0.2) is 48.5 Å². The van der Waals surface area contributed by atoms with Gasteiger partial charge in [0.1, 0.15) is 0 Å². The highest BCUT2D eigenvalue weighted by atomic mass is 16.3. The Balaban J connectivity index is 1.82. The molecular weight excluding hydrogens is 336 g/mol. The van der Waals surface area contributed by atoms with Crippen LogP contribution in [-0.4, -0.2) is 33.9 Å². The monoisotopic (exact) mass is 362 g/mol. The van der Waals surface area contributed by atoms with Crippen molar-refractivity contribution in [3.63, 3.8) is 0 Å². The molecule has 4 rings (SSSR count). The minimum Gasteiger partial charge on any atom is -0.394 e. The predicted octanol–water partition coefficient (Wildman–Crippen LogP) is 3.87. The molecule has 0 saturated heterocycles.